The van der Waals surface area contributed by atoms with E-state index >= 15 is 0 Å². The molecule has 2 bridgehead atoms. The van der Waals surface area contributed by atoms with Gasteiger partial charge >= 0.3 is 0 Å². The minimum atomic E-state index is -0.303. The van der Waals surface area contributed by atoms with Crippen LogP contribution < -0.4 is 22.8 Å². The Hall–Kier alpha value is -12.5. The van der Waals surface area contributed by atoms with Gasteiger partial charge in [-0.05, 0) is 121 Å². The summed E-state index contributed by atoms with van der Waals surface area (Å²) in [5.74, 6) is 1.33. The van der Waals surface area contributed by atoms with Crippen molar-refractivity contribution >= 4 is 63.0 Å². The van der Waals surface area contributed by atoms with Crippen LogP contribution in [0.25, 0.3) is 66.5 Å². The van der Waals surface area contributed by atoms with Gasteiger partial charge in [-0.1, -0.05) is 99.0 Å². The van der Waals surface area contributed by atoms with Crippen LogP contribution >= 0.6 is 0 Å². The summed E-state index contributed by atoms with van der Waals surface area (Å²) in [7, 11) is 1.82. The first-order valence-electron chi connectivity index (χ1n) is 39.6. The van der Waals surface area contributed by atoms with Crippen LogP contribution in [0.2, 0.25) is 0 Å². The van der Waals surface area contributed by atoms with Gasteiger partial charge in [-0.2, -0.15) is 25.5 Å². The van der Waals surface area contributed by atoms with Crippen molar-refractivity contribution in [3.8, 4) is 55.8 Å². The van der Waals surface area contributed by atoms with E-state index in [1.807, 2.05) is 164 Å². The average Bonchev–Trinajstić information content (AvgIpc) is 1.58. The van der Waals surface area contributed by atoms with Crippen molar-refractivity contribution < 1.29 is 33.2 Å². The zero-order chi connectivity index (χ0) is 79.3. The minimum Gasteiger partial charge on any atom is -0.335 e. The molecular formula is C88H88FN19O7. The Kier molecular flexibility index (Phi) is 20.6. The maximum absolute atomic E-state index is 13.7. The molecule has 115 heavy (non-hydrogen) atoms. The van der Waals surface area contributed by atoms with Gasteiger partial charge in [0.05, 0.1) is 120 Å². The second kappa shape index (κ2) is 31.5. The van der Waals surface area contributed by atoms with Crippen molar-refractivity contribution in [2.24, 2.45) is 56.5 Å². The van der Waals surface area contributed by atoms with E-state index in [4.69, 9.17) is 17.2 Å². The highest BCUT2D eigenvalue weighted by Gasteiger charge is 2.62. The molecule has 0 atom stereocenters. The van der Waals surface area contributed by atoms with E-state index in [1.165, 1.54) is 18.6 Å². The molecule has 3 amide bonds. The number of nitrogens with two attached hydrogens (primary N) is 3. The van der Waals surface area contributed by atoms with Crippen LogP contribution in [0, 0.1) is 23.1 Å². The maximum Gasteiger partial charge on any atom is 0.272 e. The van der Waals surface area contributed by atoms with Gasteiger partial charge in [-0.3, -0.25) is 67.3 Å². The first kappa shape index (κ1) is 75.2. The monoisotopic (exact) mass is 1540 g/mol. The number of H-pyrrole nitrogens is 1. The van der Waals surface area contributed by atoms with E-state index < -0.39 is 0 Å². The van der Waals surface area contributed by atoms with Crippen molar-refractivity contribution in [2.75, 3.05) is 58.9 Å². The molecule has 27 heteroatoms. The number of carbonyl (C=O) groups is 6. The SMILES string of the molecule is CCc1n[nH]c(=O)c2ccc(-c3cnn4c3CN(C(=O)C35CC(C3)C5)CC4)cc12.Cn1ncc(-c2ccc3c(c2)C(CN)=NCC3=O)c1-c1cccc(F)c1.NCC1=NCC(=O)c2ccc(-c3cnn4c3CN(C(=O)C3CCCCC3)CC4)cc21.NCC1=NCC(=O)c2ccc(-c3cnn4c3CN(C(=O)c3ccccc3)CC4)cc21. The van der Waals surface area contributed by atoms with Gasteiger partial charge in [0.1, 0.15) is 25.5 Å². The van der Waals surface area contributed by atoms with E-state index in [2.05, 4.69) is 45.6 Å². The summed E-state index contributed by atoms with van der Waals surface area (Å²) in [5, 5.41) is 26.3. The third kappa shape index (κ3) is 14.3. The third-order valence-electron chi connectivity index (χ3n) is 24.2. The Morgan fingerprint density at radius 1 is 0.487 bits per heavy atom. The summed E-state index contributed by atoms with van der Waals surface area (Å²) in [6, 6.07) is 38.8. The summed E-state index contributed by atoms with van der Waals surface area (Å²) in [6.07, 6.45) is 16.9. The van der Waals surface area contributed by atoms with Gasteiger partial charge in [0.25, 0.3) is 11.5 Å². The molecule has 26 nitrogen and oxygen atoms in total. The molecule has 10 aliphatic rings. The standard InChI is InChI=1S/C23H27N5O2.C23H21N5O2.C22H23N5O2.C20H17FN4O/c2*24-11-20-18-10-16(6-7-17(18)22(29)13-25-20)19-12-26-28-9-8-27(14-21(19)28)23(30)15-4-2-1-3-5-15;1-2-18-16-7-14(3-4-15(16)20(28)25-24-18)17-11-23-27-6-5-26(12-19(17)27)21(29)22-8-13(9-22)10-22;1-25-20(13-3-2-4-14(21)7-13)17(10-24-25)12-5-6-15-16(8-12)18(9-22)23-11-19(15)26/h6-7,10,12,15H,1-5,8-9,11,13-14,24H2;1-7,10,12H,8-9,11,13-14,24H2;3-4,7,11,13H,2,5-6,8-10,12H2,1H3,(H,25,28);2-8,10H,9,11,22H2,1H3. The molecule has 4 aliphatic carbocycles. The fourth-order valence-corrected chi connectivity index (χ4v) is 17.8. The largest absolute Gasteiger partial charge is 0.335 e. The van der Waals surface area contributed by atoms with Crippen molar-refractivity contribution in [2.45, 2.75) is 104 Å². The lowest BCUT2D eigenvalue weighted by Gasteiger charge is -2.61. The van der Waals surface area contributed by atoms with Gasteiger partial charge < -0.3 is 31.9 Å². The number of fused-ring (bicyclic) bond motifs is 7. The lowest BCUT2D eigenvalue weighted by Crippen LogP contribution is -2.61. The van der Waals surface area contributed by atoms with E-state index in [-0.39, 0.29) is 78.7 Å². The number of ketones is 3. The molecule has 0 saturated heterocycles. The molecule has 11 heterocycles. The number of aryl methyl sites for hydroxylation is 2. The Balaban J connectivity index is 0.000000111. The van der Waals surface area contributed by atoms with Crippen molar-refractivity contribution in [3.05, 3.63) is 230 Å². The highest BCUT2D eigenvalue weighted by atomic mass is 19.1. The summed E-state index contributed by atoms with van der Waals surface area (Å²) in [5.41, 5.74) is 37.8. The summed E-state index contributed by atoms with van der Waals surface area (Å²) in [6.45, 7) is 9.18. The number of nitrogens with one attached hydrogen (secondary N) is 1. The Labute approximate surface area is 662 Å². The van der Waals surface area contributed by atoms with Gasteiger partial charge in [0, 0.05) is 124 Å². The number of aromatic nitrogens is 10. The molecule has 21 rings (SSSR count). The molecule has 11 aromatic rings. The second-order valence-electron chi connectivity index (χ2n) is 31.0. The molecule has 584 valence electrons. The molecule has 0 spiro atoms. The smallest absolute Gasteiger partial charge is 0.272 e. The molecule has 5 aromatic heterocycles. The quantitative estimate of drug-likeness (QED) is 0.0884. The first-order valence-corrected chi connectivity index (χ1v) is 39.6. The number of aliphatic imine (C=N–C) groups is 3. The molecular weight excluding hydrogens is 1450 g/mol. The molecule has 0 radical (unpaired) electrons. The zero-order valence-corrected chi connectivity index (χ0v) is 64.2. The number of aromatic amines is 1. The number of hydrogen-bond donors (Lipinski definition) is 4. The maximum atomic E-state index is 13.7. The summed E-state index contributed by atoms with van der Waals surface area (Å²) >= 11 is 0. The zero-order valence-electron chi connectivity index (χ0n) is 64.2. The van der Waals surface area contributed by atoms with E-state index in [0.717, 1.165) is 188 Å². The van der Waals surface area contributed by atoms with E-state index in [0.29, 0.717) is 91.8 Å². The fraction of sp³-hybridized carbons (Fsp3) is 0.330. The highest BCUT2D eigenvalue weighted by molar-refractivity contribution is 6.18. The Bertz CT molecular complexity index is 5900. The number of rotatable bonds is 12. The van der Waals surface area contributed by atoms with Crippen LogP contribution in [0.4, 0.5) is 4.39 Å². The molecule has 0 unspecified atom stereocenters. The first-order chi connectivity index (χ1) is 56.0. The number of nitrogens with zero attached hydrogens (tertiary/aromatic N) is 15. The summed E-state index contributed by atoms with van der Waals surface area (Å²) in [4.78, 5) is 107. The van der Waals surface area contributed by atoms with E-state index in [9.17, 15) is 38.0 Å². The number of Topliss-reactive ketones (excluding diaryl/α,β-unsaturated/α-hetero) is 3. The van der Waals surface area contributed by atoms with Crippen LogP contribution in [0.1, 0.15) is 139 Å². The normalized spacial score (nSPS) is 18.3. The van der Waals surface area contributed by atoms with Gasteiger partial charge in [0.15, 0.2) is 17.3 Å². The van der Waals surface area contributed by atoms with Crippen LogP contribution in [0.15, 0.2) is 172 Å². The number of carbonyl (C=O) groups excluding carboxylic acids is 6. The molecule has 6 aliphatic heterocycles. The Morgan fingerprint density at radius 3 is 1.47 bits per heavy atom. The third-order valence-corrected chi connectivity index (χ3v) is 24.2. The molecule has 4 saturated carbocycles. The molecule has 6 aromatic carbocycles. The van der Waals surface area contributed by atoms with Crippen LogP contribution in [0.5, 0.6) is 0 Å². The lowest BCUT2D eigenvalue weighted by atomic mass is 9.44. The lowest BCUT2D eigenvalue weighted by molar-refractivity contribution is -0.178. The second-order valence-corrected chi connectivity index (χ2v) is 31.0. The van der Waals surface area contributed by atoms with Gasteiger partial charge in [-0.25, -0.2) is 9.49 Å². The van der Waals surface area contributed by atoms with Gasteiger partial charge in [-0.15, -0.1) is 0 Å². The van der Waals surface area contributed by atoms with Gasteiger partial charge in [0.2, 0.25) is 11.8 Å². The van der Waals surface area contributed by atoms with Crippen molar-refractivity contribution in [1.29, 1.82) is 0 Å². The predicted octanol–water partition coefficient (Wildman–Crippen LogP) is 9.90. The number of halogens is 1. The van der Waals surface area contributed by atoms with Crippen LogP contribution in [0.3, 0.4) is 0 Å². The van der Waals surface area contributed by atoms with Crippen molar-refractivity contribution in [1.82, 2.24) is 64.0 Å². The highest BCUT2D eigenvalue weighted by Crippen LogP contribution is 2.65. The van der Waals surface area contributed by atoms with E-state index in [1.54, 1.807) is 23.0 Å². The van der Waals surface area contributed by atoms with Crippen LogP contribution in [-0.4, -0.2) is 175 Å². The fourth-order valence-electron chi connectivity index (χ4n) is 17.8. The Morgan fingerprint density at radius 2 is 0.965 bits per heavy atom. The number of benzene rings is 6. The van der Waals surface area contributed by atoms with Crippen molar-refractivity contribution in [3.63, 3.8) is 0 Å². The number of amides is 3. The molecule has 4 fully saturated rings. The predicted molar refractivity (Wildman–Crippen MR) is 435 cm³/mol. The number of hydrogen-bond acceptors (Lipinski definition) is 18. The topological polar surface area (TPSA) is 344 Å². The summed E-state index contributed by atoms with van der Waals surface area (Å²) < 4.78 is 21.4. The average molecular weight is 1540 g/mol. The van der Waals surface area contributed by atoms with Crippen LogP contribution in [-0.2, 0) is 62.3 Å². The minimum absolute atomic E-state index is 0.00502. The molecule has 7 N–H and O–H groups in total.